The lowest BCUT2D eigenvalue weighted by Crippen LogP contribution is -2.21. The number of rotatable bonds is 5. The summed E-state index contributed by atoms with van der Waals surface area (Å²) in [6.07, 6.45) is 0.568. The van der Waals surface area contributed by atoms with Crippen LogP contribution in [0, 0.1) is 0 Å². The fourth-order valence-corrected chi connectivity index (χ4v) is 2.57. The number of aromatic nitrogens is 2. The topological polar surface area (TPSA) is 115 Å². The van der Waals surface area contributed by atoms with Gasteiger partial charge >= 0.3 is 5.97 Å². The van der Waals surface area contributed by atoms with Gasteiger partial charge in [0.2, 0.25) is 10.0 Å². The first-order valence-corrected chi connectivity index (χ1v) is 7.77. The van der Waals surface area contributed by atoms with Gasteiger partial charge in [-0.2, -0.15) is 0 Å². The van der Waals surface area contributed by atoms with Crippen LogP contribution in [0.25, 0.3) is 11.0 Å². The quantitative estimate of drug-likeness (QED) is 0.837. The molecule has 8 heteroatoms. The number of aromatic carboxylic acids is 1. The van der Waals surface area contributed by atoms with Crippen molar-refractivity contribution in [2.24, 2.45) is 5.14 Å². The van der Waals surface area contributed by atoms with Crippen molar-refractivity contribution < 1.29 is 18.3 Å². The number of sulfonamides is 1. The molecule has 0 bridgehead atoms. The van der Waals surface area contributed by atoms with Gasteiger partial charge in [0.25, 0.3) is 0 Å². The van der Waals surface area contributed by atoms with E-state index in [1.54, 1.807) is 16.7 Å². The first-order chi connectivity index (χ1) is 9.33. The van der Waals surface area contributed by atoms with Crippen molar-refractivity contribution >= 4 is 27.0 Å². The Morgan fingerprint density at radius 1 is 1.45 bits per heavy atom. The third kappa shape index (κ3) is 2.81. The molecule has 3 N–H and O–H groups in total. The number of benzene rings is 1. The van der Waals surface area contributed by atoms with Gasteiger partial charge in [0.1, 0.15) is 5.82 Å². The molecule has 1 heterocycles. The van der Waals surface area contributed by atoms with Gasteiger partial charge in [-0.05, 0) is 12.1 Å². The summed E-state index contributed by atoms with van der Waals surface area (Å²) in [5.74, 6) is -0.702. The Balaban J connectivity index is 2.63. The molecule has 0 aliphatic rings. The van der Waals surface area contributed by atoms with Crippen LogP contribution in [0.3, 0.4) is 0 Å². The molecule has 7 nitrogen and oxygen atoms in total. The van der Waals surface area contributed by atoms with Crippen LogP contribution in [0.15, 0.2) is 18.2 Å². The van der Waals surface area contributed by atoms with Gasteiger partial charge in [-0.15, -0.1) is 0 Å². The van der Waals surface area contributed by atoms with Crippen LogP contribution in [0.4, 0.5) is 0 Å². The number of primary sulfonamides is 1. The van der Waals surface area contributed by atoms with Gasteiger partial charge in [-0.25, -0.2) is 23.3 Å². The van der Waals surface area contributed by atoms with Crippen LogP contribution in [0.1, 0.15) is 23.1 Å². The van der Waals surface area contributed by atoms with E-state index in [1.165, 1.54) is 6.07 Å². The van der Waals surface area contributed by atoms with Gasteiger partial charge in [0.05, 0.1) is 22.3 Å². The molecule has 2 rings (SSSR count). The Morgan fingerprint density at radius 3 is 2.70 bits per heavy atom. The van der Waals surface area contributed by atoms with E-state index in [2.05, 4.69) is 4.98 Å². The molecule has 108 valence electrons. The molecule has 0 radical (unpaired) electrons. The Labute approximate surface area is 116 Å². The molecule has 1 aromatic carbocycles. The van der Waals surface area contributed by atoms with Gasteiger partial charge in [0.15, 0.2) is 0 Å². The molecule has 0 aliphatic carbocycles. The Morgan fingerprint density at radius 2 is 2.15 bits per heavy atom. The summed E-state index contributed by atoms with van der Waals surface area (Å²) in [7, 11) is -3.62. The van der Waals surface area contributed by atoms with Crippen molar-refractivity contribution in [1.29, 1.82) is 0 Å². The maximum atomic E-state index is 11.3. The highest BCUT2D eigenvalue weighted by Crippen LogP contribution is 2.21. The fraction of sp³-hybridized carbons (Fsp3) is 0.333. The summed E-state index contributed by atoms with van der Waals surface area (Å²) in [4.78, 5) is 15.6. The number of para-hydroxylation sites is 1. The largest absolute Gasteiger partial charge is 0.478 e. The molecular formula is C12H15N3O4S. The van der Waals surface area contributed by atoms with E-state index < -0.39 is 16.0 Å². The van der Waals surface area contributed by atoms with E-state index in [0.29, 0.717) is 23.3 Å². The van der Waals surface area contributed by atoms with Crippen LogP contribution >= 0.6 is 0 Å². The molecule has 0 saturated carbocycles. The van der Waals surface area contributed by atoms with Crippen molar-refractivity contribution in [2.75, 3.05) is 5.75 Å². The van der Waals surface area contributed by atoms with E-state index in [-0.39, 0.29) is 17.9 Å². The molecule has 2 aromatic rings. The van der Waals surface area contributed by atoms with Crippen molar-refractivity contribution in [3.8, 4) is 0 Å². The molecule has 1 aromatic heterocycles. The fourth-order valence-electron chi connectivity index (χ4n) is 2.14. The lowest BCUT2D eigenvalue weighted by Gasteiger charge is -2.08. The molecule has 0 aliphatic heterocycles. The molecule has 0 amide bonds. The minimum Gasteiger partial charge on any atom is -0.478 e. The van der Waals surface area contributed by atoms with Crippen LogP contribution in [-0.2, 0) is 23.0 Å². The molecular weight excluding hydrogens is 282 g/mol. The second-order valence-corrected chi connectivity index (χ2v) is 6.11. The maximum absolute atomic E-state index is 11.3. The second-order valence-electron chi connectivity index (χ2n) is 4.38. The summed E-state index contributed by atoms with van der Waals surface area (Å²) in [6, 6.07) is 4.79. The van der Waals surface area contributed by atoms with E-state index in [9.17, 15) is 18.3 Å². The first kappa shape index (κ1) is 14.5. The minimum absolute atomic E-state index is 0.0861. The number of carboxylic acid groups (broad SMARTS) is 1. The zero-order chi connectivity index (χ0) is 14.9. The van der Waals surface area contributed by atoms with Crippen LogP contribution in [-0.4, -0.2) is 34.8 Å². The van der Waals surface area contributed by atoms with Crippen LogP contribution < -0.4 is 5.14 Å². The molecule has 0 saturated heterocycles. The molecule has 0 atom stereocenters. The standard InChI is InChI=1S/C12H15N3O4S/c1-2-10-14-9-5-3-4-8(12(16)17)11(9)15(10)6-7-20(13,18)19/h3-5H,2,6-7H2,1H3,(H,16,17)(H2,13,18,19). The summed E-state index contributed by atoms with van der Waals surface area (Å²) < 4.78 is 23.8. The van der Waals surface area contributed by atoms with Gasteiger partial charge in [-0.3, -0.25) is 0 Å². The highest BCUT2D eigenvalue weighted by Gasteiger charge is 2.17. The zero-order valence-electron chi connectivity index (χ0n) is 10.9. The van der Waals surface area contributed by atoms with Crippen LogP contribution in [0.5, 0.6) is 0 Å². The van der Waals surface area contributed by atoms with E-state index in [0.717, 1.165) is 0 Å². The molecule has 0 fully saturated rings. The lowest BCUT2D eigenvalue weighted by atomic mass is 10.2. The second kappa shape index (κ2) is 5.22. The number of carboxylic acids is 1. The predicted octanol–water partition coefficient (Wildman–Crippen LogP) is 0.585. The smallest absolute Gasteiger partial charge is 0.337 e. The number of carbonyl (C=O) groups is 1. The first-order valence-electron chi connectivity index (χ1n) is 6.05. The number of imidazole rings is 1. The summed E-state index contributed by atoms with van der Waals surface area (Å²) >= 11 is 0. The van der Waals surface area contributed by atoms with Gasteiger partial charge in [0, 0.05) is 13.0 Å². The van der Waals surface area contributed by atoms with E-state index in [1.807, 2.05) is 6.92 Å². The third-order valence-corrected chi connectivity index (χ3v) is 3.74. The number of hydrogen-bond donors (Lipinski definition) is 2. The molecule has 20 heavy (non-hydrogen) atoms. The van der Waals surface area contributed by atoms with E-state index in [4.69, 9.17) is 5.14 Å². The summed E-state index contributed by atoms with van der Waals surface area (Å²) in [6.45, 7) is 1.96. The van der Waals surface area contributed by atoms with Gasteiger partial charge < -0.3 is 9.67 Å². The van der Waals surface area contributed by atoms with Crippen molar-refractivity contribution in [1.82, 2.24) is 9.55 Å². The summed E-state index contributed by atoms with van der Waals surface area (Å²) in [5, 5.41) is 14.2. The molecule has 0 unspecified atom stereocenters. The highest BCUT2D eigenvalue weighted by atomic mass is 32.2. The zero-order valence-corrected chi connectivity index (χ0v) is 11.7. The lowest BCUT2D eigenvalue weighted by molar-refractivity contribution is 0.0698. The SMILES string of the molecule is CCc1nc2cccc(C(=O)O)c2n1CCS(N)(=O)=O. The number of fused-ring (bicyclic) bond motifs is 1. The Bertz CT molecular complexity index is 764. The minimum atomic E-state index is -3.62. The van der Waals surface area contributed by atoms with Gasteiger partial charge in [-0.1, -0.05) is 13.0 Å². The average Bonchev–Trinajstić information content (AvgIpc) is 2.72. The number of aryl methyl sites for hydroxylation is 2. The van der Waals surface area contributed by atoms with E-state index >= 15 is 0 Å². The highest BCUT2D eigenvalue weighted by molar-refractivity contribution is 7.89. The van der Waals surface area contributed by atoms with Crippen LogP contribution in [0.2, 0.25) is 0 Å². The van der Waals surface area contributed by atoms with Crippen molar-refractivity contribution in [3.05, 3.63) is 29.6 Å². The number of hydrogen-bond acceptors (Lipinski definition) is 4. The monoisotopic (exact) mass is 297 g/mol. The van der Waals surface area contributed by atoms with Crippen molar-refractivity contribution in [3.63, 3.8) is 0 Å². The normalized spacial score (nSPS) is 11.9. The third-order valence-electron chi connectivity index (χ3n) is 2.99. The maximum Gasteiger partial charge on any atom is 0.337 e. The number of nitrogens with two attached hydrogens (primary N) is 1. The molecule has 0 spiro atoms. The predicted molar refractivity (Wildman–Crippen MR) is 74.0 cm³/mol. The Hall–Kier alpha value is -1.93. The number of nitrogens with zero attached hydrogens (tertiary/aromatic N) is 2. The average molecular weight is 297 g/mol. The Kier molecular flexibility index (Phi) is 3.78. The van der Waals surface area contributed by atoms with Crippen molar-refractivity contribution in [2.45, 2.75) is 19.9 Å². The summed E-state index contributed by atoms with van der Waals surface area (Å²) in [5.41, 5.74) is 1.07.